The fourth-order valence-electron chi connectivity index (χ4n) is 1.96. The molecule has 1 aliphatic heterocycles. The van der Waals surface area contributed by atoms with Crippen LogP contribution < -0.4 is 5.73 Å². The van der Waals surface area contributed by atoms with E-state index in [4.69, 9.17) is 10.5 Å². The van der Waals surface area contributed by atoms with Crippen LogP contribution in [0.5, 0.6) is 0 Å². The summed E-state index contributed by atoms with van der Waals surface area (Å²) in [6.07, 6.45) is 1.15. The lowest BCUT2D eigenvalue weighted by atomic mass is 10.3. The van der Waals surface area contributed by atoms with Crippen LogP contribution in [-0.4, -0.2) is 48.2 Å². The van der Waals surface area contributed by atoms with E-state index < -0.39 is 0 Å². The van der Waals surface area contributed by atoms with Gasteiger partial charge in [0.15, 0.2) is 5.96 Å². The second-order valence-corrected chi connectivity index (χ2v) is 5.42. The van der Waals surface area contributed by atoms with Crippen molar-refractivity contribution in [1.82, 2.24) is 9.88 Å². The monoisotopic (exact) mass is 268 g/mol. The maximum atomic E-state index is 6.00. The van der Waals surface area contributed by atoms with E-state index in [-0.39, 0.29) is 6.10 Å². The van der Waals surface area contributed by atoms with Gasteiger partial charge in [-0.2, -0.15) is 0 Å². The molecule has 1 aliphatic rings. The Morgan fingerprint density at radius 1 is 1.72 bits per heavy atom. The lowest BCUT2D eigenvalue weighted by molar-refractivity contribution is 0.00530. The number of guanidine groups is 1. The quantitative estimate of drug-likeness (QED) is 0.657. The van der Waals surface area contributed by atoms with E-state index in [0.717, 1.165) is 38.4 Å². The summed E-state index contributed by atoms with van der Waals surface area (Å²) in [6, 6.07) is 0. The molecule has 2 heterocycles. The first-order valence-electron chi connectivity index (χ1n) is 6.22. The van der Waals surface area contributed by atoms with Gasteiger partial charge in [-0.15, -0.1) is 11.3 Å². The summed E-state index contributed by atoms with van der Waals surface area (Å²) in [6.45, 7) is 7.20. The lowest BCUT2D eigenvalue weighted by Gasteiger charge is -2.31. The Labute approximate surface area is 112 Å². The molecule has 100 valence electrons. The van der Waals surface area contributed by atoms with Crippen molar-refractivity contribution in [2.45, 2.75) is 26.4 Å². The van der Waals surface area contributed by atoms with Crippen LogP contribution in [0.4, 0.5) is 0 Å². The highest BCUT2D eigenvalue weighted by Gasteiger charge is 2.17. The molecule has 0 bridgehead atoms. The third kappa shape index (κ3) is 3.43. The Balaban J connectivity index is 1.83. The Hall–Kier alpha value is -1.14. The molecule has 1 unspecified atom stereocenters. The molecule has 1 saturated heterocycles. The molecule has 6 heteroatoms. The van der Waals surface area contributed by atoms with E-state index >= 15 is 0 Å². The molecule has 0 amide bonds. The summed E-state index contributed by atoms with van der Waals surface area (Å²) in [5.41, 5.74) is 8.98. The van der Waals surface area contributed by atoms with Gasteiger partial charge in [-0.25, -0.2) is 4.98 Å². The molecular formula is C12H20N4OS. The largest absolute Gasteiger partial charge is 0.375 e. The lowest BCUT2D eigenvalue weighted by Crippen LogP contribution is -2.47. The van der Waals surface area contributed by atoms with Gasteiger partial charge in [-0.1, -0.05) is 0 Å². The summed E-state index contributed by atoms with van der Waals surface area (Å²) in [4.78, 5) is 12.1. The van der Waals surface area contributed by atoms with Gasteiger partial charge in [0.1, 0.15) is 0 Å². The highest BCUT2D eigenvalue weighted by atomic mass is 32.1. The summed E-state index contributed by atoms with van der Waals surface area (Å²) in [5.74, 6) is 0.632. The van der Waals surface area contributed by atoms with Crippen molar-refractivity contribution >= 4 is 17.3 Å². The fourth-order valence-corrected chi connectivity index (χ4v) is 2.74. The molecule has 1 fully saturated rings. The number of ether oxygens (including phenoxy) is 1. The number of hydrogen-bond acceptors (Lipinski definition) is 4. The first-order valence-corrected chi connectivity index (χ1v) is 7.10. The van der Waals surface area contributed by atoms with Crippen LogP contribution >= 0.6 is 11.3 Å². The molecule has 5 nitrogen and oxygen atoms in total. The number of nitrogens with zero attached hydrogens (tertiary/aromatic N) is 3. The maximum Gasteiger partial charge on any atom is 0.191 e. The SMILES string of the molecule is Cc1ncsc1CCN=C(N)N1CCOC(C)C1. The van der Waals surface area contributed by atoms with Gasteiger partial charge in [-0.05, 0) is 13.8 Å². The number of aryl methyl sites for hydroxylation is 1. The Bertz CT molecular complexity index is 418. The second kappa shape index (κ2) is 6.15. The molecule has 0 aliphatic carbocycles. The summed E-state index contributed by atoms with van der Waals surface area (Å²) in [7, 11) is 0. The molecule has 18 heavy (non-hydrogen) atoms. The Morgan fingerprint density at radius 2 is 2.56 bits per heavy atom. The standard InChI is InChI=1S/C12H20N4OS/c1-9-7-16(5-6-17-9)12(13)14-4-3-11-10(2)15-8-18-11/h8-9H,3-7H2,1-2H3,(H2,13,14). The van der Waals surface area contributed by atoms with Crippen molar-refractivity contribution in [1.29, 1.82) is 0 Å². The molecule has 2 rings (SSSR count). The molecular weight excluding hydrogens is 248 g/mol. The smallest absolute Gasteiger partial charge is 0.191 e. The highest BCUT2D eigenvalue weighted by Crippen LogP contribution is 2.12. The first-order chi connectivity index (χ1) is 8.66. The van der Waals surface area contributed by atoms with Crippen molar-refractivity contribution in [2.24, 2.45) is 10.7 Å². The van der Waals surface area contributed by atoms with Crippen molar-refractivity contribution in [3.63, 3.8) is 0 Å². The minimum Gasteiger partial charge on any atom is -0.375 e. The second-order valence-electron chi connectivity index (χ2n) is 4.48. The fraction of sp³-hybridized carbons (Fsp3) is 0.667. The summed E-state index contributed by atoms with van der Waals surface area (Å²) < 4.78 is 5.48. The van der Waals surface area contributed by atoms with Crippen molar-refractivity contribution < 1.29 is 4.74 Å². The van der Waals surface area contributed by atoms with Gasteiger partial charge in [-0.3, -0.25) is 4.99 Å². The summed E-state index contributed by atoms with van der Waals surface area (Å²) >= 11 is 1.68. The first kappa shape index (κ1) is 13.3. The van der Waals surface area contributed by atoms with Crippen LogP contribution in [0.3, 0.4) is 0 Å². The zero-order valence-electron chi connectivity index (χ0n) is 10.9. The molecule has 0 saturated carbocycles. The molecule has 1 aromatic rings. The number of hydrogen-bond donors (Lipinski definition) is 1. The number of aliphatic imine (C=N–C) groups is 1. The Morgan fingerprint density at radius 3 is 3.22 bits per heavy atom. The van der Waals surface area contributed by atoms with E-state index in [0.29, 0.717) is 5.96 Å². The third-order valence-corrected chi connectivity index (χ3v) is 4.02. The zero-order chi connectivity index (χ0) is 13.0. The van der Waals surface area contributed by atoms with Gasteiger partial charge < -0.3 is 15.4 Å². The maximum absolute atomic E-state index is 6.00. The third-order valence-electron chi connectivity index (χ3n) is 3.02. The van der Waals surface area contributed by atoms with Gasteiger partial charge in [0.25, 0.3) is 0 Å². The highest BCUT2D eigenvalue weighted by molar-refractivity contribution is 7.09. The summed E-state index contributed by atoms with van der Waals surface area (Å²) in [5, 5.41) is 0. The van der Waals surface area contributed by atoms with Crippen LogP contribution in [-0.2, 0) is 11.2 Å². The normalized spacial score (nSPS) is 21.3. The molecule has 2 N–H and O–H groups in total. The van der Waals surface area contributed by atoms with Crippen molar-refractivity contribution in [2.75, 3.05) is 26.2 Å². The van der Waals surface area contributed by atoms with Crippen LogP contribution in [0.2, 0.25) is 0 Å². The predicted octanol–water partition coefficient (Wildman–Crippen LogP) is 1.03. The molecule has 0 aromatic carbocycles. The van der Waals surface area contributed by atoms with Gasteiger partial charge >= 0.3 is 0 Å². The van der Waals surface area contributed by atoms with E-state index in [1.165, 1.54) is 4.88 Å². The zero-order valence-corrected chi connectivity index (χ0v) is 11.7. The number of aromatic nitrogens is 1. The van der Waals surface area contributed by atoms with Crippen LogP contribution in [0.15, 0.2) is 10.5 Å². The minimum atomic E-state index is 0.233. The van der Waals surface area contributed by atoms with Gasteiger partial charge in [0.2, 0.25) is 0 Å². The van der Waals surface area contributed by atoms with E-state index in [2.05, 4.69) is 21.8 Å². The molecule has 1 atom stereocenters. The van der Waals surface area contributed by atoms with Crippen molar-refractivity contribution in [3.05, 3.63) is 16.1 Å². The van der Waals surface area contributed by atoms with E-state index in [9.17, 15) is 0 Å². The van der Waals surface area contributed by atoms with Crippen LogP contribution in [0, 0.1) is 6.92 Å². The topological polar surface area (TPSA) is 63.7 Å². The van der Waals surface area contributed by atoms with Gasteiger partial charge in [0, 0.05) is 30.9 Å². The average Bonchev–Trinajstić information content (AvgIpc) is 2.75. The van der Waals surface area contributed by atoms with Gasteiger partial charge in [0.05, 0.1) is 23.9 Å². The Kier molecular flexibility index (Phi) is 4.54. The number of rotatable bonds is 3. The number of thiazole rings is 1. The van der Waals surface area contributed by atoms with Crippen LogP contribution in [0.25, 0.3) is 0 Å². The van der Waals surface area contributed by atoms with E-state index in [1.54, 1.807) is 11.3 Å². The minimum absolute atomic E-state index is 0.233. The predicted molar refractivity (Wildman–Crippen MR) is 74.0 cm³/mol. The average molecular weight is 268 g/mol. The molecule has 0 spiro atoms. The van der Waals surface area contributed by atoms with E-state index in [1.807, 2.05) is 12.4 Å². The van der Waals surface area contributed by atoms with Crippen LogP contribution in [0.1, 0.15) is 17.5 Å². The molecule has 1 aromatic heterocycles. The molecule has 0 radical (unpaired) electrons. The van der Waals surface area contributed by atoms with Crippen molar-refractivity contribution in [3.8, 4) is 0 Å². The number of nitrogens with two attached hydrogens (primary N) is 1. The number of morpholine rings is 1.